The first kappa shape index (κ1) is 11.2. The van der Waals surface area contributed by atoms with Gasteiger partial charge in [-0.05, 0) is 31.0 Å². The smallest absolute Gasteiger partial charge is 0.178 e. The van der Waals surface area contributed by atoms with Crippen LogP contribution in [0.4, 0.5) is 0 Å². The predicted molar refractivity (Wildman–Crippen MR) is 58.1 cm³/mol. The van der Waals surface area contributed by atoms with Gasteiger partial charge in [-0.15, -0.1) is 0 Å². The van der Waals surface area contributed by atoms with Crippen molar-refractivity contribution < 1.29 is 8.42 Å². The summed E-state index contributed by atoms with van der Waals surface area (Å²) in [6.07, 6.45) is 1.64. The van der Waals surface area contributed by atoms with Gasteiger partial charge < -0.3 is 0 Å². The highest BCUT2D eigenvalue weighted by molar-refractivity contribution is 7.91. The molecular weight excluding hydrogens is 196 g/mol. The summed E-state index contributed by atoms with van der Waals surface area (Å²) in [7, 11) is -3.04. The SMILES string of the molecule is CCCCS(=O)(=O)c1cccc(C)c1. The summed E-state index contributed by atoms with van der Waals surface area (Å²) < 4.78 is 23.5. The quantitative estimate of drug-likeness (QED) is 0.768. The molecule has 0 amide bonds. The molecule has 14 heavy (non-hydrogen) atoms. The van der Waals surface area contributed by atoms with E-state index in [0.29, 0.717) is 4.90 Å². The lowest BCUT2D eigenvalue weighted by Gasteiger charge is -2.03. The molecule has 0 unspecified atom stereocenters. The minimum atomic E-state index is -3.04. The topological polar surface area (TPSA) is 34.1 Å². The van der Waals surface area contributed by atoms with Crippen LogP contribution >= 0.6 is 0 Å². The first-order valence-corrected chi connectivity index (χ1v) is 6.51. The van der Waals surface area contributed by atoms with Crippen LogP contribution < -0.4 is 0 Å². The van der Waals surface area contributed by atoms with Crippen molar-refractivity contribution in [3.63, 3.8) is 0 Å². The van der Waals surface area contributed by atoms with Crippen molar-refractivity contribution in [1.29, 1.82) is 0 Å². The van der Waals surface area contributed by atoms with Crippen LogP contribution in [0.3, 0.4) is 0 Å². The highest BCUT2D eigenvalue weighted by atomic mass is 32.2. The Morgan fingerprint density at radius 1 is 1.29 bits per heavy atom. The maximum Gasteiger partial charge on any atom is 0.178 e. The maximum atomic E-state index is 11.7. The van der Waals surface area contributed by atoms with Gasteiger partial charge >= 0.3 is 0 Å². The van der Waals surface area contributed by atoms with Crippen molar-refractivity contribution in [3.05, 3.63) is 29.8 Å². The first-order chi connectivity index (χ1) is 6.56. The molecule has 0 atom stereocenters. The Hall–Kier alpha value is -0.830. The summed E-state index contributed by atoms with van der Waals surface area (Å²) in [4.78, 5) is 0.450. The van der Waals surface area contributed by atoms with E-state index in [4.69, 9.17) is 0 Å². The molecule has 1 aromatic rings. The van der Waals surface area contributed by atoms with Crippen molar-refractivity contribution in [2.24, 2.45) is 0 Å². The van der Waals surface area contributed by atoms with Crippen LogP contribution in [-0.4, -0.2) is 14.2 Å². The molecule has 0 aliphatic carbocycles. The van der Waals surface area contributed by atoms with Crippen molar-refractivity contribution in [1.82, 2.24) is 0 Å². The lowest BCUT2D eigenvalue weighted by atomic mass is 10.2. The summed E-state index contributed by atoms with van der Waals surface area (Å²) in [5.74, 6) is 0.257. The van der Waals surface area contributed by atoms with Crippen LogP contribution in [0.1, 0.15) is 25.3 Å². The zero-order valence-corrected chi connectivity index (χ0v) is 9.47. The van der Waals surface area contributed by atoms with Gasteiger partial charge in [0, 0.05) is 0 Å². The molecule has 0 fully saturated rings. The van der Waals surface area contributed by atoms with Crippen LogP contribution in [0.25, 0.3) is 0 Å². The Bertz CT molecular complexity index is 394. The Morgan fingerprint density at radius 3 is 2.57 bits per heavy atom. The second-order valence-electron chi connectivity index (χ2n) is 3.49. The molecule has 0 saturated heterocycles. The third-order valence-corrected chi connectivity index (χ3v) is 3.91. The van der Waals surface area contributed by atoms with E-state index in [9.17, 15) is 8.42 Å². The Morgan fingerprint density at radius 2 is 2.00 bits per heavy atom. The van der Waals surface area contributed by atoms with Gasteiger partial charge in [0.15, 0.2) is 9.84 Å². The molecule has 1 aromatic carbocycles. The van der Waals surface area contributed by atoms with Gasteiger partial charge in [0.2, 0.25) is 0 Å². The Kier molecular flexibility index (Phi) is 3.69. The molecule has 1 rings (SSSR count). The molecule has 0 N–H and O–H groups in total. The zero-order chi connectivity index (χ0) is 10.6. The number of benzene rings is 1. The van der Waals surface area contributed by atoms with Gasteiger partial charge in [0.05, 0.1) is 10.6 Å². The summed E-state index contributed by atoms with van der Waals surface area (Å²) in [6.45, 7) is 3.89. The number of unbranched alkanes of at least 4 members (excludes halogenated alkanes) is 1. The molecular formula is C11H16O2S. The van der Waals surface area contributed by atoms with Crippen molar-refractivity contribution in [2.45, 2.75) is 31.6 Å². The number of hydrogen-bond acceptors (Lipinski definition) is 2. The normalized spacial score (nSPS) is 11.6. The van der Waals surface area contributed by atoms with E-state index in [0.717, 1.165) is 18.4 Å². The number of hydrogen-bond donors (Lipinski definition) is 0. The average Bonchev–Trinajstić information content (AvgIpc) is 2.15. The monoisotopic (exact) mass is 212 g/mol. The third-order valence-electron chi connectivity index (χ3n) is 2.12. The molecule has 0 radical (unpaired) electrons. The lowest BCUT2D eigenvalue weighted by molar-refractivity contribution is 0.592. The van der Waals surface area contributed by atoms with E-state index in [1.54, 1.807) is 18.2 Å². The lowest BCUT2D eigenvalue weighted by Crippen LogP contribution is -2.06. The summed E-state index contributed by atoms with van der Waals surface area (Å²) in [6, 6.07) is 7.08. The number of sulfone groups is 1. The van der Waals surface area contributed by atoms with E-state index in [1.165, 1.54) is 0 Å². The van der Waals surface area contributed by atoms with Gasteiger partial charge in [-0.3, -0.25) is 0 Å². The third kappa shape index (κ3) is 2.84. The molecule has 78 valence electrons. The molecule has 0 spiro atoms. The predicted octanol–water partition coefficient (Wildman–Crippen LogP) is 2.57. The number of rotatable bonds is 4. The number of aryl methyl sites for hydroxylation is 1. The zero-order valence-electron chi connectivity index (χ0n) is 8.66. The van der Waals surface area contributed by atoms with E-state index in [-0.39, 0.29) is 5.75 Å². The fourth-order valence-corrected chi connectivity index (χ4v) is 2.82. The fourth-order valence-electron chi connectivity index (χ4n) is 1.26. The molecule has 0 saturated carbocycles. The van der Waals surface area contributed by atoms with Gasteiger partial charge in [0.1, 0.15) is 0 Å². The molecule has 0 bridgehead atoms. The fraction of sp³-hybridized carbons (Fsp3) is 0.455. The van der Waals surface area contributed by atoms with E-state index >= 15 is 0 Å². The summed E-state index contributed by atoms with van der Waals surface area (Å²) >= 11 is 0. The maximum absolute atomic E-state index is 11.7. The van der Waals surface area contributed by atoms with Crippen LogP contribution in [0, 0.1) is 6.92 Å². The largest absolute Gasteiger partial charge is 0.224 e. The van der Waals surface area contributed by atoms with E-state index < -0.39 is 9.84 Å². The van der Waals surface area contributed by atoms with Crippen molar-refractivity contribution >= 4 is 9.84 Å². The van der Waals surface area contributed by atoms with Crippen molar-refractivity contribution in [3.8, 4) is 0 Å². The average molecular weight is 212 g/mol. The van der Waals surface area contributed by atoms with Crippen molar-refractivity contribution in [2.75, 3.05) is 5.75 Å². The van der Waals surface area contributed by atoms with E-state index in [1.807, 2.05) is 19.9 Å². The second-order valence-corrected chi connectivity index (χ2v) is 5.60. The van der Waals surface area contributed by atoms with Gasteiger partial charge in [0.25, 0.3) is 0 Å². The van der Waals surface area contributed by atoms with Crippen LogP contribution in [-0.2, 0) is 9.84 Å². The van der Waals surface area contributed by atoms with E-state index in [2.05, 4.69) is 0 Å². The van der Waals surface area contributed by atoms with Gasteiger partial charge in [-0.1, -0.05) is 25.5 Å². The minimum Gasteiger partial charge on any atom is -0.224 e. The first-order valence-electron chi connectivity index (χ1n) is 4.85. The highest BCUT2D eigenvalue weighted by Crippen LogP contribution is 2.13. The Balaban J connectivity index is 2.93. The standard InChI is InChI=1S/C11H16O2S/c1-3-4-8-14(12,13)11-7-5-6-10(2)9-11/h5-7,9H,3-4,8H2,1-2H3. The molecule has 3 heteroatoms. The highest BCUT2D eigenvalue weighted by Gasteiger charge is 2.12. The van der Waals surface area contributed by atoms with Gasteiger partial charge in [-0.25, -0.2) is 8.42 Å². The van der Waals surface area contributed by atoms with Crippen LogP contribution in [0.15, 0.2) is 29.2 Å². The summed E-state index contributed by atoms with van der Waals surface area (Å²) in [5.41, 5.74) is 0.988. The Labute approximate surface area is 85.9 Å². The van der Waals surface area contributed by atoms with Crippen LogP contribution in [0.5, 0.6) is 0 Å². The molecule has 2 nitrogen and oxygen atoms in total. The minimum absolute atomic E-state index is 0.257. The summed E-state index contributed by atoms with van der Waals surface area (Å²) in [5, 5.41) is 0. The molecule has 0 aromatic heterocycles. The molecule has 0 aliphatic rings. The van der Waals surface area contributed by atoms with Crippen LogP contribution in [0.2, 0.25) is 0 Å². The second kappa shape index (κ2) is 4.60. The molecule has 0 aliphatic heterocycles. The molecule has 0 heterocycles. The van der Waals surface area contributed by atoms with Gasteiger partial charge in [-0.2, -0.15) is 0 Å².